The maximum Gasteiger partial charge on any atom is 0.343 e. The molecule has 0 atom stereocenters. The monoisotopic (exact) mass is 333 g/mol. The molecule has 0 saturated carbocycles. The summed E-state index contributed by atoms with van der Waals surface area (Å²) in [4.78, 5) is 16.8. The molecule has 22 heavy (non-hydrogen) atoms. The molecule has 0 fully saturated rings. The van der Waals surface area contributed by atoms with Crippen LogP contribution in [0.5, 0.6) is 5.75 Å². The van der Waals surface area contributed by atoms with Crippen LogP contribution in [-0.4, -0.2) is 27.6 Å². The highest BCUT2D eigenvalue weighted by Crippen LogP contribution is 2.28. The second kappa shape index (κ2) is 5.85. The zero-order chi connectivity index (χ0) is 16.5. The molecule has 0 N–H and O–H groups in total. The van der Waals surface area contributed by atoms with Gasteiger partial charge >= 0.3 is 5.97 Å². The van der Waals surface area contributed by atoms with Gasteiger partial charge in [0.25, 0.3) is 0 Å². The minimum atomic E-state index is -1.96. The van der Waals surface area contributed by atoms with Gasteiger partial charge in [-0.05, 0) is 51.4 Å². The predicted octanol–water partition coefficient (Wildman–Crippen LogP) is 4.44. The number of pyridine rings is 1. The number of fused-ring (bicyclic) bond motifs is 1. The summed E-state index contributed by atoms with van der Waals surface area (Å²) in [5.74, 6) is 0.345. The molecule has 0 aliphatic heterocycles. The molecule has 1 heterocycles. The third-order valence-corrected chi connectivity index (χ3v) is 4.33. The lowest BCUT2D eigenvalue weighted by molar-refractivity contribution is 0.0718. The van der Waals surface area contributed by atoms with Crippen molar-refractivity contribution in [2.75, 3.05) is 0 Å². The average molecular weight is 334 g/mol. The SMILES string of the molecule is C[Si](C)(C)OC(=O)c1cc(O[Si](C)(C)C)c2ccccc2n1. The van der Waals surface area contributed by atoms with E-state index in [1.54, 1.807) is 6.07 Å². The lowest BCUT2D eigenvalue weighted by atomic mass is 10.2. The van der Waals surface area contributed by atoms with Gasteiger partial charge in [0.1, 0.15) is 5.75 Å². The highest BCUT2D eigenvalue weighted by Gasteiger charge is 2.24. The van der Waals surface area contributed by atoms with Gasteiger partial charge in [0.05, 0.1) is 5.52 Å². The van der Waals surface area contributed by atoms with Crippen molar-refractivity contribution in [2.45, 2.75) is 39.3 Å². The predicted molar refractivity (Wildman–Crippen MR) is 94.5 cm³/mol. The van der Waals surface area contributed by atoms with E-state index in [-0.39, 0.29) is 5.97 Å². The van der Waals surface area contributed by atoms with Gasteiger partial charge in [-0.3, -0.25) is 0 Å². The first-order valence-electron chi connectivity index (χ1n) is 7.37. The quantitative estimate of drug-likeness (QED) is 0.776. The Morgan fingerprint density at radius 2 is 1.64 bits per heavy atom. The molecular formula is C16H23NO3Si2. The lowest BCUT2D eigenvalue weighted by Gasteiger charge is -2.22. The Hall–Kier alpha value is -1.67. The zero-order valence-corrected chi connectivity index (χ0v) is 16.1. The minimum absolute atomic E-state index is 0.314. The van der Waals surface area contributed by atoms with Gasteiger partial charge in [0, 0.05) is 11.5 Å². The van der Waals surface area contributed by atoms with E-state index < -0.39 is 16.6 Å². The van der Waals surface area contributed by atoms with E-state index in [2.05, 4.69) is 24.6 Å². The molecule has 2 aromatic rings. The molecule has 1 aromatic carbocycles. The molecule has 0 radical (unpaired) electrons. The number of rotatable bonds is 4. The van der Waals surface area contributed by atoms with Crippen LogP contribution in [0.15, 0.2) is 30.3 Å². The molecule has 0 spiro atoms. The van der Waals surface area contributed by atoms with Crippen LogP contribution < -0.4 is 4.43 Å². The molecule has 0 unspecified atom stereocenters. The largest absolute Gasteiger partial charge is 0.544 e. The Kier molecular flexibility index (Phi) is 4.44. The Balaban J connectivity index is 2.51. The van der Waals surface area contributed by atoms with E-state index in [1.165, 1.54) is 0 Å². The molecular weight excluding hydrogens is 310 g/mol. The Morgan fingerprint density at radius 1 is 1.00 bits per heavy atom. The van der Waals surface area contributed by atoms with Crippen molar-refractivity contribution in [1.82, 2.24) is 4.98 Å². The van der Waals surface area contributed by atoms with Crippen molar-refractivity contribution < 1.29 is 13.6 Å². The van der Waals surface area contributed by atoms with Crippen molar-refractivity contribution in [3.05, 3.63) is 36.0 Å². The first-order valence-corrected chi connectivity index (χ1v) is 14.2. The Labute approximate surface area is 133 Å². The van der Waals surface area contributed by atoms with Gasteiger partial charge in [-0.25, -0.2) is 9.78 Å². The van der Waals surface area contributed by atoms with E-state index in [1.807, 2.05) is 43.9 Å². The fourth-order valence-electron chi connectivity index (χ4n) is 1.99. The molecule has 4 nitrogen and oxygen atoms in total. The summed E-state index contributed by atoms with van der Waals surface area (Å²) in [6.45, 7) is 12.3. The molecule has 0 bridgehead atoms. The number of nitrogens with zero attached hydrogens (tertiary/aromatic N) is 1. The van der Waals surface area contributed by atoms with Gasteiger partial charge in [0.15, 0.2) is 5.69 Å². The number of para-hydroxylation sites is 1. The van der Waals surface area contributed by atoms with Crippen molar-refractivity contribution in [1.29, 1.82) is 0 Å². The standard InChI is InChI=1S/C16H23NO3Si2/c1-21(2,3)19-15-11-14(16(18)20-22(4,5)6)17-13-10-8-7-9-12(13)15/h7-11H,1-6H3. The second-order valence-corrected chi connectivity index (χ2v) is 16.1. The number of carbonyl (C=O) groups is 1. The first kappa shape index (κ1) is 16.7. The summed E-state index contributed by atoms with van der Waals surface area (Å²) in [6, 6.07) is 9.41. The van der Waals surface area contributed by atoms with Crippen molar-refractivity contribution >= 4 is 33.5 Å². The summed E-state index contributed by atoms with van der Waals surface area (Å²) < 4.78 is 11.7. The number of benzene rings is 1. The van der Waals surface area contributed by atoms with Crippen LogP contribution in [0.3, 0.4) is 0 Å². The summed E-state index contributed by atoms with van der Waals surface area (Å²) in [6.07, 6.45) is 0. The molecule has 0 amide bonds. The smallest absolute Gasteiger partial charge is 0.343 e. The number of hydrogen-bond donors (Lipinski definition) is 0. The average Bonchev–Trinajstić information content (AvgIpc) is 2.34. The summed E-state index contributed by atoms with van der Waals surface area (Å²) >= 11 is 0. The van der Waals surface area contributed by atoms with Crippen LogP contribution in [0, 0.1) is 0 Å². The maximum absolute atomic E-state index is 12.3. The van der Waals surface area contributed by atoms with Crippen LogP contribution in [0.4, 0.5) is 0 Å². The minimum Gasteiger partial charge on any atom is -0.544 e. The number of aromatic nitrogens is 1. The number of carbonyl (C=O) groups excluding carboxylic acids is 1. The lowest BCUT2D eigenvalue weighted by Crippen LogP contribution is -2.31. The fraction of sp³-hybridized carbons (Fsp3) is 0.375. The highest BCUT2D eigenvalue weighted by molar-refractivity contribution is 6.71. The zero-order valence-electron chi connectivity index (χ0n) is 14.1. The summed E-state index contributed by atoms with van der Waals surface area (Å²) in [7, 11) is -3.75. The van der Waals surface area contributed by atoms with E-state index in [4.69, 9.17) is 8.85 Å². The molecule has 0 aliphatic rings. The van der Waals surface area contributed by atoms with Crippen LogP contribution in [0.25, 0.3) is 10.9 Å². The maximum atomic E-state index is 12.3. The van der Waals surface area contributed by atoms with Gasteiger partial charge < -0.3 is 8.85 Å². The summed E-state index contributed by atoms with van der Waals surface area (Å²) in [5, 5.41) is 0.925. The Morgan fingerprint density at radius 3 is 2.23 bits per heavy atom. The highest BCUT2D eigenvalue weighted by atomic mass is 28.4. The van der Waals surface area contributed by atoms with E-state index >= 15 is 0 Å². The van der Waals surface area contributed by atoms with Crippen LogP contribution >= 0.6 is 0 Å². The van der Waals surface area contributed by atoms with Crippen molar-refractivity contribution in [3.8, 4) is 5.75 Å². The van der Waals surface area contributed by atoms with Gasteiger partial charge in [-0.2, -0.15) is 0 Å². The van der Waals surface area contributed by atoms with Crippen LogP contribution in [0.1, 0.15) is 10.5 Å². The third kappa shape index (κ3) is 4.41. The van der Waals surface area contributed by atoms with E-state index in [0.29, 0.717) is 11.4 Å². The topological polar surface area (TPSA) is 48.4 Å². The van der Waals surface area contributed by atoms with Crippen LogP contribution in [0.2, 0.25) is 39.3 Å². The molecule has 6 heteroatoms. The molecule has 1 aromatic heterocycles. The van der Waals surface area contributed by atoms with E-state index in [0.717, 1.165) is 10.9 Å². The van der Waals surface area contributed by atoms with Gasteiger partial charge in [0.2, 0.25) is 16.6 Å². The fourth-order valence-corrected chi connectivity index (χ4v) is 3.48. The number of hydrogen-bond acceptors (Lipinski definition) is 4. The third-order valence-electron chi connectivity index (χ3n) is 2.70. The van der Waals surface area contributed by atoms with Crippen molar-refractivity contribution in [2.24, 2.45) is 0 Å². The van der Waals surface area contributed by atoms with E-state index in [9.17, 15) is 4.79 Å². The molecule has 2 rings (SSSR count). The van der Waals surface area contributed by atoms with Crippen molar-refractivity contribution in [3.63, 3.8) is 0 Å². The van der Waals surface area contributed by atoms with Crippen LogP contribution in [-0.2, 0) is 4.43 Å². The normalized spacial score (nSPS) is 12.3. The Bertz CT molecular complexity index is 703. The molecule has 0 aliphatic carbocycles. The molecule has 118 valence electrons. The van der Waals surface area contributed by atoms with Gasteiger partial charge in [-0.15, -0.1) is 0 Å². The first-order chi connectivity index (χ1) is 10.1. The van der Waals surface area contributed by atoms with Gasteiger partial charge in [-0.1, -0.05) is 12.1 Å². The second-order valence-electron chi connectivity index (χ2n) is 7.24. The summed E-state index contributed by atoms with van der Waals surface area (Å²) in [5.41, 5.74) is 1.06. The molecule has 0 saturated heterocycles.